The van der Waals surface area contributed by atoms with Gasteiger partial charge >= 0.3 is 5.69 Å². The third-order valence-electron chi connectivity index (χ3n) is 3.42. The molecule has 1 aliphatic rings. The first-order valence-corrected chi connectivity index (χ1v) is 7.36. The highest BCUT2D eigenvalue weighted by molar-refractivity contribution is 7.84. The van der Waals surface area contributed by atoms with Crippen LogP contribution in [0.4, 0.5) is 11.5 Å². The number of hydrogen-bond acceptors (Lipinski definition) is 4. The molecule has 1 atom stereocenters. The number of fused-ring (bicyclic) bond motifs is 2. The summed E-state index contributed by atoms with van der Waals surface area (Å²) in [4.78, 5) is 24.8. The Balaban J connectivity index is 2.36. The number of aromatic nitrogens is 2. The summed E-state index contributed by atoms with van der Waals surface area (Å²) in [6, 6.07) is 7.15. The molecule has 1 N–H and O–H groups in total. The number of rotatable bonds is 0. The minimum Gasteiger partial charge on any atom is -0.340 e. The molecule has 7 heteroatoms. The van der Waals surface area contributed by atoms with E-state index in [0.717, 1.165) is 4.57 Å². The van der Waals surface area contributed by atoms with Gasteiger partial charge in [-0.3, -0.25) is 18.1 Å². The molecule has 1 aromatic carbocycles. The van der Waals surface area contributed by atoms with Crippen molar-refractivity contribution in [3.63, 3.8) is 0 Å². The number of nitrogens with zero attached hydrogens (tertiary/aromatic N) is 2. The van der Waals surface area contributed by atoms with Gasteiger partial charge in [-0.1, -0.05) is 12.1 Å². The van der Waals surface area contributed by atoms with Gasteiger partial charge in [-0.05, 0) is 12.1 Å². The summed E-state index contributed by atoms with van der Waals surface area (Å²) >= 11 is 0. The van der Waals surface area contributed by atoms with Gasteiger partial charge in [0.1, 0.15) is 5.82 Å². The summed E-state index contributed by atoms with van der Waals surface area (Å²) in [5.74, 6) is 0.511. The van der Waals surface area contributed by atoms with E-state index in [2.05, 4.69) is 5.32 Å². The Hall–Kier alpha value is -2.15. The van der Waals surface area contributed by atoms with Crippen molar-refractivity contribution < 1.29 is 4.21 Å². The fourth-order valence-corrected chi connectivity index (χ4v) is 3.58. The van der Waals surface area contributed by atoms with Gasteiger partial charge in [-0.15, -0.1) is 0 Å². The van der Waals surface area contributed by atoms with Crippen molar-refractivity contribution in [2.75, 3.05) is 5.32 Å². The van der Waals surface area contributed by atoms with E-state index >= 15 is 0 Å². The molecule has 1 aliphatic heterocycles. The summed E-state index contributed by atoms with van der Waals surface area (Å²) < 4.78 is 14.8. The lowest BCUT2D eigenvalue weighted by molar-refractivity contribution is 0.674. The van der Waals surface area contributed by atoms with E-state index in [9.17, 15) is 13.8 Å². The Labute approximate surface area is 117 Å². The quantitative estimate of drug-likeness (QED) is 0.765. The smallest absolute Gasteiger partial charge is 0.332 e. The molecule has 0 aliphatic carbocycles. The Morgan fingerprint density at radius 2 is 1.85 bits per heavy atom. The van der Waals surface area contributed by atoms with Gasteiger partial charge in [0.25, 0.3) is 5.56 Å². The molecule has 104 valence electrons. The van der Waals surface area contributed by atoms with Crippen molar-refractivity contribution in [2.45, 2.75) is 10.6 Å². The molecule has 20 heavy (non-hydrogen) atoms. The van der Waals surface area contributed by atoms with E-state index in [1.807, 2.05) is 6.07 Å². The van der Waals surface area contributed by atoms with E-state index < -0.39 is 22.0 Å². The second-order valence-corrected chi connectivity index (χ2v) is 6.06. The first-order chi connectivity index (χ1) is 9.50. The molecule has 0 saturated heterocycles. The summed E-state index contributed by atoms with van der Waals surface area (Å²) in [6.07, 6.45) is 0. The normalized spacial score (nSPS) is 16.8. The zero-order valence-corrected chi connectivity index (χ0v) is 11.9. The highest BCUT2D eigenvalue weighted by Gasteiger charge is 2.23. The van der Waals surface area contributed by atoms with Gasteiger partial charge in [0.05, 0.1) is 32.7 Å². The second kappa shape index (κ2) is 4.45. The van der Waals surface area contributed by atoms with Gasteiger partial charge in [0.15, 0.2) is 0 Å². The monoisotopic (exact) mass is 291 g/mol. The molecule has 0 radical (unpaired) electrons. The van der Waals surface area contributed by atoms with Crippen LogP contribution in [0, 0.1) is 0 Å². The predicted octanol–water partition coefficient (Wildman–Crippen LogP) is 0.449. The van der Waals surface area contributed by atoms with Crippen LogP contribution in [-0.4, -0.2) is 13.3 Å². The minimum atomic E-state index is -1.32. The Morgan fingerprint density at radius 1 is 1.15 bits per heavy atom. The molecule has 0 spiro atoms. The summed E-state index contributed by atoms with van der Waals surface area (Å²) in [7, 11) is 1.69. The van der Waals surface area contributed by atoms with Crippen LogP contribution in [0.5, 0.6) is 0 Å². The van der Waals surface area contributed by atoms with Crippen LogP contribution in [0.1, 0.15) is 5.56 Å². The van der Waals surface area contributed by atoms with Crippen LogP contribution in [0.15, 0.2) is 38.8 Å². The molecule has 0 unspecified atom stereocenters. The van der Waals surface area contributed by atoms with Crippen molar-refractivity contribution in [3.05, 3.63) is 50.7 Å². The van der Waals surface area contributed by atoms with Crippen LogP contribution >= 0.6 is 0 Å². The zero-order valence-electron chi connectivity index (χ0n) is 11.0. The van der Waals surface area contributed by atoms with Crippen molar-refractivity contribution in [3.8, 4) is 0 Å². The third-order valence-corrected chi connectivity index (χ3v) is 4.82. The van der Waals surface area contributed by atoms with E-state index in [4.69, 9.17) is 0 Å². The molecular formula is C13H13N3O3S. The maximum atomic E-state index is 12.4. The molecule has 1 aromatic heterocycles. The van der Waals surface area contributed by atoms with Crippen molar-refractivity contribution in [2.24, 2.45) is 14.1 Å². The predicted molar refractivity (Wildman–Crippen MR) is 76.8 cm³/mol. The summed E-state index contributed by atoms with van der Waals surface area (Å²) in [6.45, 7) is 0. The largest absolute Gasteiger partial charge is 0.340 e. The molecule has 0 saturated carbocycles. The van der Waals surface area contributed by atoms with Gasteiger partial charge in [0.2, 0.25) is 0 Å². The number of benzene rings is 1. The Morgan fingerprint density at radius 3 is 2.60 bits per heavy atom. The highest BCUT2D eigenvalue weighted by Crippen LogP contribution is 2.29. The third kappa shape index (κ3) is 1.74. The van der Waals surface area contributed by atoms with E-state index in [1.54, 1.807) is 25.2 Å². The molecule has 0 bridgehead atoms. The molecule has 3 rings (SSSR count). The van der Waals surface area contributed by atoms with Crippen LogP contribution in [0.25, 0.3) is 0 Å². The van der Waals surface area contributed by atoms with Crippen LogP contribution in [-0.2, 0) is 30.6 Å². The minimum absolute atomic E-state index is 0.0974. The first-order valence-electron chi connectivity index (χ1n) is 6.04. The number of anilines is 2. The van der Waals surface area contributed by atoms with E-state index in [0.29, 0.717) is 22.0 Å². The lowest BCUT2D eigenvalue weighted by Gasteiger charge is -2.13. The standard InChI is InChI=1S/C13H13N3O3S/c1-15-11-8(12(17)16(2)13(15)18)7-20(19)10-6-4-3-5-9(10)14-11/h3-6,14H,7H2,1-2H3/t20-/m1/s1. The lowest BCUT2D eigenvalue weighted by atomic mass is 10.3. The summed E-state index contributed by atoms with van der Waals surface area (Å²) in [5.41, 5.74) is 0.208. The summed E-state index contributed by atoms with van der Waals surface area (Å²) in [5, 5.41) is 3.07. The topological polar surface area (TPSA) is 73.1 Å². The maximum Gasteiger partial charge on any atom is 0.332 e. The number of hydrogen-bond donors (Lipinski definition) is 1. The van der Waals surface area contributed by atoms with E-state index in [-0.39, 0.29) is 5.75 Å². The fraction of sp³-hybridized carbons (Fsp3) is 0.231. The van der Waals surface area contributed by atoms with Crippen LogP contribution in [0.2, 0.25) is 0 Å². The molecule has 0 amide bonds. The number of nitrogens with one attached hydrogen (secondary N) is 1. The van der Waals surface area contributed by atoms with Crippen molar-refractivity contribution in [1.82, 2.24) is 9.13 Å². The van der Waals surface area contributed by atoms with Crippen LogP contribution < -0.4 is 16.6 Å². The zero-order chi connectivity index (χ0) is 14.4. The molecule has 2 aromatic rings. The second-order valence-electron chi connectivity index (χ2n) is 4.64. The van der Waals surface area contributed by atoms with E-state index in [1.165, 1.54) is 11.6 Å². The fourth-order valence-electron chi connectivity index (χ4n) is 2.31. The van der Waals surface area contributed by atoms with Gasteiger partial charge in [-0.25, -0.2) is 4.79 Å². The van der Waals surface area contributed by atoms with Gasteiger partial charge in [-0.2, -0.15) is 0 Å². The maximum absolute atomic E-state index is 12.4. The van der Waals surface area contributed by atoms with Crippen molar-refractivity contribution in [1.29, 1.82) is 0 Å². The first kappa shape index (κ1) is 12.9. The Bertz CT molecular complexity index is 851. The average Bonchev–Trinajstić information content (AvgIpc) is 2.60. The molecule has 2 heterocycles. The van der Waals surface area contributed by atoms with Gasteiger partial charge < -0.3 is 5.32 Å². The van der Waals surface area contributed by atoms with Crippen LogP contribution in [0.3, 0.4) is 0 Å². The molecule has 6 nitrogen and oxygen atoms in total. The Kier molecular flexibility index (Phi) is 2.86. The van der Waals surface area contributed by atoms with Gasteiger partial charge in [0, 0.05) is 14.1 Å². The highest BCUT2D eigenvalue weighted by atomic mass is 32.2. The van der Waals surface area contributed by atoms with Crippen molar-refractivity contribution >= 4 is 22.3 Å². The number of para-hydroxylation sites is 1. The average molecular weight is 291 g/mol. The lowest BCUT2D eigenvalue weighted by Crippen LogP contribution is -2.40. The molecule has 0 fully saturated rings. The molecular weight excluding hydrogens is 278 g/mol. The SMILES string of the molecule is Cn1c2c(c(=O)n(C)c1=O)C[S@@](=O)c1ccccc1N2.